The zero-order valence-electron chi connectivity index (χ0n) is 10.4. The third kappa shape index (κ3) is 3.52. The van der Waals surface area contributed by atoms with Crippen molar-refractivity contribution >= 4 is 0 Å². The van der Waals surface area contributed by atoms with Crippen LogP contribution in [0, 0.1) is 6.92 Å². The van der Waals surface area contributed by atoms with Crippen molar-refractivity contribution in [1.29, 1.82) is 0 Å². The number of aliphatic hydroxyl groups is 2. The molecule has 0 aliphatic rings. The van der Waals surface area contributed by atoms with Crippen LogP contribution in [0.5, 0.6) is 0 Å². The largest absolute Gasteiger partial charge is 0.394 e. The van der Waals surface area contributed by atoms with E-state index < -0.39 is 23.5 Å². The van der Waals surface area contributed by atoms with Crippen molar-refractivity contribution in [2.24, 2.45) is 0 Å². The number of hydrogen-bond donors (Lipinski definition) is 3. The molecule has 1 rings (SSSR count). The summed E-state index contributed by atoms with van der Waals surface area (Å²) in [4.78, 5) is 24.8. The maximum Gasteiger partial charge on any atom is 0.328 e. The number of nitrogens with zero attached hydrogens (tertiary/aromatic N) is 1. The minimum Gasteiger partial charge on any atom is -0.394 e. The molecule has 0 saturated heterocycles. The van der Waals surface area contributed by atoms with Crippen LogP contribution in [0.4, 0.5) is 0 Å². The summed E-state index contributed by atoms with van der Waals surface area (Å²) >= 11 is 0. The number of aliphatic hydroxyl groups excluding tert-OH is 2. The Kier molecular flexibility index (Phi) is 5.26. The molecule has 7 heteroatoms. The lowest BCUT2D eigenvalue weighted by Crippen LogP contribution is -2.35. The number of ether oxygens (including phenoxy) is 1. The summed E-state index contributed by atoms with van der Waals surface area (Å²) < 4.78 is 6.19. The highest BCUT2D eigenvalue weighted by atomic mass is 16.5. The molecule has 0 aromatic carbocycles. The van der Waals surface area contributed by atoms with Crippen molar-refractivity contribution in [1.82, 2.24) is 9.55 Å². The van der Waals surface area contributed by atoms with Crippen molar-refractivity contribution in [3.8, 4) is 0 Å². The standard InChI is InChI=1S/C11H18N2O5/c1-7-5-13(11(17)12-10(7)16)4-3-8(15)9(6-14)18-2/h5,8-9,14-15H,3-4,6H2,1-2H3,(H,12,16,17). The van der Waals surface area contributed by atoms with Crippen LogP contribution in [-0.4, -0.2) is 45.7 Å². The Morgan fingerprint density at radius 1 is 1.50 bits per heavy atom. The fraction of sp³-hybridized carbons (Fsp3) is 0.636. The van der Waals surface area contributed by atoms with Gasteiger partial charge in [-0.1, -0.05) is 0 Å². The number of aromatic nitrogens is 2. The van der Waals surface area contributed by atoms with E-state index in [0.29, 0.717) is 5.56 Å². The molecule has 0 radical (unpaired) electrons. The van der Waals surface area contributed by atoms with Gasteiger partial charge in [0.25, 0.3) is 5.56 Å². The number of rotatable bonds is 6. The van der Waals surface area contributed by atoms with E-state index in [4.69, 9.17) is 9.84 Å². The van der Waals surface area contributed by atoms with Crippen LogP contribution in [0.2, 0.25) is 0 Å². The molecule has 0 saturated carbocycles. The quantitative estimate of drug-likeness (QED) is 0.582. The molecular formula is C11H18N2O5. The van der Waals surface area contributed by atoms with Gasteiger partial charge in [-0.05, 0) is 13.3 Å². The van der Waals surface area contributed by atoms with Gasteiger partial charge >= 0.3 is 5.69 Å². The number of nitrogens with one attached hydrogen (secondary N) is 1. The minimum atomic E-state index is -0.876. The molecule has 0 bridgehead atoms. The van der Waals surface area contributed by atoms with Gasteiger partial charge in [-0.25, -0.2) is 4.79 Å². The van der Waals surface area contributed by atoms with E-state index in [1.807, 2.05) is 0 Å². The van der Waals surface area contributed by atoms with Gasteiger partial charge in [0.1, 0.15) is 6.10 Å². The van der Waals surface area contributed by atoms with Gasteiger partial charge in [0.15, 0.2) is 0 Å². The Morgan fingerprint density at radius 2 is 2.17 bits per heavy atom. The van der Waals surface area contributed by atoms with Crippen LogP contribution in [0.25, 0.3) is 0 Å². The number of aryl methyl sites for hydroxylation is 2. The second kappa shape index (κ2) is 6.48. The average molecular weight is 258 g/mol. The minimum absolute atomic E-state index is 0.234. The summed E-state index contributed by atoms with van der Waals surface area (Å²) in [6.07, 6.45) is 0.128. The van der Waals surface area contributed by atoms with Gasteiger partial charge < -0.3 is 19.5 Å². The Labute approximate surface area is 104 Å². The zero-order chi connectivity index (χ0) is 13.7. The van der Waals surface area contributed by atoms with Crippen molar-refractivity contribution in [3.63, 3.8) is 0 Å². The predicted molar refractivity (Wildman–Crippen MR) is 64.6 cm³/mol. The molecule has 2 atom stereocenters. The first kappa shape index (κ1) is 14.6. The second-order valence-corrected chi connectivity index (χ2v) is 4.08. The van der Waals surface area contributed by atoms with E-state index in [1.54, 1.807) is 6.92 Å². The van der Waals surface area contributed by atoms with Crippen LogP contribution in [0.15, 0.2) is 15.8 Å². The maximum atomic E-state index is 11.5. The molecule has 3 N–H and O–H groups in total. The highest BCUT2D eigenvalue weighted by molar-refractivity contribution is 5.00. The van der Waals surface area contributed by atoms with Crippen molar-refractivity contribution < 1.29 is 14.9 Å². The Bertz CT molecular complexity index is 489. The summed E-state index contributed by atoms with van der Waals surface area (Å²) in [5.41, 5.74) is -0.507. The van der Waals surface area contributed by atoms with Gasteiger partial charge in [-0.2, -0.15) is 0 Å². The monoisotopic (exact) mass is 258 g/mol. The average Bonchev–Trinajstić information content (AvgIpc) is 2.33. The molecule has 1 heterocycles. The van der Waals surface area contributed by atoms with E-state index in [0.717, 1.165) is 0 Å². The number of hydrogen-bond acceptors (Lipinski definition) is 5. The van der Waals surface area contributed by atoms with Gasteiger partial charge in [-0.15, -0.1) is 0 Å². The lowest BCUT2D eigenvalue weighted by atomic mass is 10.1. The maximum absolute atomic E-state index is 11.5. The van der Waals surface area contributed by atoms with Gasteiger partial charge in [-0.3, -0.25) is 9.78 Å². The highest BCUT2D eigenvalue weighted by Gasteiger charge is 2.17. The molecule has 18 heavy (non-hydrogen) atoms. The molecule has 0 amide bonds. The zero-order valence-corrected chi connectivity index (χ0v) is 10.4. The van der Waals surface area contributed by atoms with E-state index in [9.17, 15) is 14.7 Å². The molecule has 0 aliphatic heterocycles. The molecular weight excluding hydrogens is 240 g/mol. The molecule has 0 aliphatic carbocycles. The summed E-state index contributed by atoms with van der Waals surface area (Å²) in [7, 11) is 1.39. The fourth-order valence-corrected chi connectivity index (χ4v) is 1.60. The van der Waals surface area contributed by atoms with Crippen molar-refractivity contribution in [3.05, 3.63) is 32.6 Å². The molecule has 7 nitrogen and oxygen atoms in total. The van der Waals surface area contributed by atoms with Gasteiger partial charge in [0, 0.05) is 25.4 Å². The summed E-state index contributed by atoms with van der Waals surface area (Å²) in [6, 6.07) is 0. The summed E-state index contributed by atoms with van der Waals surface area (Å²) in [5, 5.41) is 18.6. The van der Waals surface area contributed by atoms with Crippen LogP contribution in [0.1, 0.15) is 12.0 Å². The van der Waals surface area contributed by atoms with Crippen LogP contribution < -0.4 is 11.2 Å². The third-order valence-electron chi connectivity index (χ3n) is 2.77. The second-order valence-electron chi connectivity index (χ2n) is 4.08. The molecule has 0 fully saturated rings. The molecule has 2 unspecified atom stereocenters. The van der Waals surface area contributed by atoms with Gasteiger partial charge in [0.05, 0.1) is 12.7 Å². The molecule has 1 aromatic rings. The SMILES string of the molecule is COC(CO)C(O)CCn1cc(C)c(=O)[nH]c1=O. The van der Waals surface area contributed by atoms with E-state index in [-0.39, 0.29) is 19.6 Å². The molecule has 0 spiro atoms. The first-order valence-electron chi connectivity index (χ1n) is 5.61. The Hall–Kier alpha value is -1.44. The predicted octanol–water partition coefficient (Wildman–Crippen LogP) is -1.40. The van der Waals surface area contributed by atoms with E-state index >= 15 is 0 Å². The van der Waals surface area contributed by atoms with Gasteiger partial charge in [0.2, 0.25) is 0 Å². The topological polar surface area (TPSA) is 105 Å². The first-order valence-corrected chi connectivity index (χ1v) is 5.61. The lowest BCUT2D eigenvalue weighted by molar-refractivity contribution is -0.0452. The smallest absolute Gasteiger partial charge is 0.328 e. The number of H-pyrrole nitrogens is 1. The number of aromatic amines is 1. The normalized spacial score (nSPS) is 14.4. The summed E-state index contributed by atoms with van der Waals surface area (Å²) in [5.74, 6) is 0. The van der Waals surface area contributed by atoms with Crippen LogP contribution in [0.3, 0.4) is 0 Å². The lowest BCUT2D eigenvalue weighted by Gasteiger charge is -2.19. The Balaban J connectivity index is 2.72. The van der Waals surface area contributed by atoms with Crippen LogP contribution in [-0.2, 0) is 11.3 Å². The molecule has 1 aromatic heterocycles. The Morgan fingerprint density at radius 3 is 2.72 bits per heavy atom. The summed E-state index contributed by atoms with van der Waals surface area (Å²) in [6.45, 7) is 1.53. The number of methoxy groups -OCH3 is 1. The van der Waals surface area contributed by atoms with Crippen molar-refractivity contribution in [2.75, 3.05) is 13.7 Å². The fourth-order valence-electron chi connectivity index (χ4n) is 1.60. The third-order valence-corrected chi connectivity index (χ3v) is 2.77. The van der Waals surface area contributed by atoms with E-state index in [1.165, 1.54) is 17.9 Å². The first-order chi connectivity index (χ1) is 8.49. The molecule has 102 valence electrons. The van der Waals surface area contributed by atoms with E-state index in [2.05, 4.69) is 4.98 Å². The highest BCUT2D eigenvalue weighted by Crippen LogP contribution is 2.03. The van der Waals surface area contributed by atoms with Crippen LogP contribution >= 0.6 is 0 Å². The van der Waals surface area contributed by atoms with Crippen molar-refractivity contribution in [2.45, 2.75) is 32.1 Å².